The van der Waals surface area contributed by atoms with Crippen molar-refractivity contribution in [2.75, 3.05) is 0 Å². The van der Waals surface area contributed by atoms with E-state index in [-0.39, 0.29) is 23.7 Å². The Morgan fingerprint density at radius 2 is 1.70 bits per heavy atom. The SMILES string of the molecule is O=C1c2[nH]nc(-c3ccccc3)c2C(c2ccc(O)cc2)N1C1CCCC1. The topological polar surface area (TPSA) is 69.2 Å². The number of aromatic hydroxyl groups is 1. The molecule has 1 saturated carbocycles. The molecule has 0 radical (unpaired) electrons. The van der Waals surface area contributed by atoms with Gasteiger partial charge in [0.2, 0.25) is 0 Å². The molecule has 0 bridgehead atoms. The lowest BCUT2D eigenvalue weighted by atomic mass is 9.95. The van der Waals surface area contributed by atoms with Crippen molar-refractivity contribution < 1.29 is 9.90 Å². The van der Waals surface area contributed by atoms with Crippen LogP contribution in [0.4, 0.5) is 0 Å². The normalized spacial score (nSPS) is 19.6. The molecule has 1 unspecified atom stereocenters. The Balaban J connectivity index is 1.68. The van der Waals surface area contributed by atoms with Crippen molar-refractivity contribution in [3.8, 4) is 17.0 Å². The Morgan fingerprint density at radius 3 is 2.41 bits per heavy atom. The maximum absolute atomic E-state index is 13.3. The van der Waals surface area contributed by atoms with E-state index in [2.05, 4.69) is 10.2 Å². The predicted octanol–water partition coefficient (Wildman–Crippen LogP) is 4.27. The minimum absolute atomic E-state index is 0.0321. The molecule has 0 saturated heterocycles. The average molecular weight is 359 g/mol. The third-order valence-corrected chi connectivity index (χ3v) is 5.78. The molecule has 2 aliphatic rings. The number of nitrogens with zero attached hydrogens (tertiary/aromatic N) is 2. The van der Waals surface area contributed by atoms with Crippen LogP contribution in [0.15, 0.2) is 54.6 Å². The van der Waals surface area contributed by atoms with Gasteiger partial charge < -0.3 is 10.0 Å². The number of benzene rings is 2. The highest BCUT2D eigenvalue weighted by Gasteiger charge is 2.45. The highest BCUT2D eigenvalue weighted by atomic mass is 16.3. The number of fused-ring (bicyclic) bond motifs is 1. The molecule has 2 N–H and O–H groups in total. The highest BCUT2D eigenvalue weighted by Crippen LogP contribution is 2.46. The zero-order chi connectivity index (χ0) is 18.4. The van der Waals surface area contributed by atoms with Gasteiger partial charge in [-0.25, -0.2) is 0 Å². The van der Waals surface area contributed by atoms with E-state index in [1.54, 1.807) is 12.1 Å². The summed E-state index contributed by atoms with van der Waals surface area (Å²) < 4.78 is 0. The standard InChI is InChI=1S/C22H21N3O2/c26-17-12-10-15(11-13-17)21-18-19(14-6-2-1-3-7-14)23-24-20(18)22(27)25(21)16-8-4-5-9-16/h1-3,6-7,10-13,16,21,26H,4-5,8-9H2,(H,23,24). The maximum atomic E-state index is 13.3. The first-order valence-corrected chi connectivity index (χ1v) is 9.49. The lowest BCUT2D eigenvalue weighted by Crippen LogP contribution is -2.37. The Hall–Kier alpha value is -3.08. The van der Waals surface area contributed by atoms with E-state index < -0.39 is 0 Å². The van der Waals surface area contributed by atoms with Crippen LogP contribution in [0.3, 0.4) is 0 Å². The number of H-pyrrole nitrogens is 1. The molecule has 136 valence electrons. The lowest BCUT2D eigenvalue weighted by Gasteiger charge is -2.31. The number of aromatic nitrogens is 2. The van der Waals surface area contributed by atoms with Crippen molar-refractivity contribution >= 4 is 5.91 Å². The first kappa shape index (κ1) is 16.1. The molecule has 5 rings (SSSR count). The number of nitrogens with one attached hydrogen (secondary N) is 1. The van der Waals surface area contributed by atoms with Crippen LogP contribution in [0.5, 0.6) is 5.75 Å². The fraction of sp³-hybridized carbons (Fsp3) is 0.273. The van der Waals surface area contributed by atoms with Crippen LogP contribution in [0.1, 0.15) is 53.3 Å². The molecule has 2 aromatic carbocycles. The highest BCUT2D eigenvalue weighted by molar-refractivity contribution is 6.00. The molecule has 2 heterocycles. The molecule has 5 heteroatoms. The van der Waals surface area contributed by atoms with Crippen molar-refractivity contribution in [1.82, 2.24) is 15.1 Å². The zero-order valence-corrected chi connectivity index (χ0v) is 14.9. The van der Waals surface area contributed by atoms with E-state index in [1.807, 2.05) is 47.4 Å². The Labute approximate surface area is 157 Å². The number of carbonyl (C=O) groups excluding carboxylic acids is 1. The van der Waals surface area contributed by atoms with E-state index in [4.69, 9.17) is 0 Å². The molecule has 1 aliphatic heterocycles. The number of hydrogen-bond donors (Lipinski definition) is 2. The van der Waals surface area contributed by atoms with Gasteiger partial charge in [0.25, 0.3) is 5.91 Å². The summed E-state index contributed by atoms with van der Waals surface area (Å²) in [5, 5.41) is 17.2. The number of aromatic amines is 1. The summed E-state index contributed by atoms with van der Waals surface area (Å²) in [6, 6.07) is 17.3. The monoisotopic (exact) mass is 359 g/mol. The van der Waals surface area contributed by atoms with Gasteiger partial charge >= 0.3 is 0 Å². The number of carbonyl (C=O) groups is 1. The number of phenolic OH excluding ortho intramolecular Hbond substituents is 1. The summed E-state index contributed by atoms with van der Waals surface area (Å²) in [5.41, 5.74) is 4.38. The van der Waals surface area contributed by atoms with Crippen LogP contribution >= 0.6 is 0 Å². The van der Waals surface area contributed by atoms with Crippen LogP contribution < -0.4 is 0 Å². The fourth-order valence-corrected chi connectivity index (χ4v) is 4.52. The molecule has 3 aromatic rings. The number of rotatable bonds is 3. The third-order valence-electron chi connectivity index (χ3n) is 5.78. The second-order valence-electron chi connectivity index (χ2n) is 7.37. The molecule has 1 aromatic heterocycles. The Bertz CT molecular complexity index is 973. The van der Waals surface area contributed by atoms with E-state index in [1.165, 1.54) is 0 Å². The van der Waals surface area contributed by atoms with E-state index in [0.29, 0.717) is 5.69 Å². The minimum atomic E-state index is -0.176. The number of hydrogen-bond acceptors (Lipinski definition) is 3. The van der Waals surface area contributed by atoms with Gasteiger partial charge in [0.1, 0.15) is 11.4 Å². The summed E-state index contributed by atoms with van der Waals surface area (Å²) in [5.74, 6) is 0.260. The second-order valence-corrected chi connectivity index (χ2v) is 7.37. The Kier molecular flexibility index (Phi) is 3.74. The summed E-state index contributed by atoms with van der Waals surface area (Å²) in [7, 11) is 0. The van der Waals surface area contributed by atoms with Gasteiger partial charge in [0.15, 0.2) is 0 Å². The van der Waals surface area contributed by atoms with Crippen LogP contribution in [-0.4, -0.2) is 32.2 Å². The molecule has 1 aliphatic carbocycles. The van der Waals surface area contributed by atoms with Gasteiger partial charge in [0.05, 0.1) is 11.7 Å². The van der Waals surface area contributed by atoms with Crippen LogP contribution in [0.25, 0.3) is 11.3 Å². The van der Waals surface area contributed by atoms with Gasteiger partial charge in [0, 0.05) is 17.2 Å². The quantitative estimate of drug-likeness (QED) is 0.734. The van der Waals surface area contributed by atoms with Crippen molar-refractivity contribution in [3.63, 3.8) is 0 Å². The van der Waals surface area contributed by atoms with Crippen LogP contribution in [0.2, 0.25) is 0 Å². The predicted molar refractivity (Wildman–Crippen MR) is 102 cm³/mol. The number of amides is 1. The molecule has 1 amide bonds. The van der Waals surface area contributed by atoms with E-state index >= 15 is 0 Å². The van der Waals surface area contributed by atoms with Crippen LogP contribution in [0, 0.1) is 0 Å². The molecular weight excluding hydrogens is 338 g/mol. The second kappa shape index (κ2) is 6.27. The van der Waals surface area contributed by atoms with E-state index in [0.717, 1.165) is 48.1 Å². The molecule has 0 spiro atoms. The van der Waals surface area contributed by atoms with Gasteiger partial charge in [-0.1, -0.05) is 55.3 Å². The molecule has 1 atom stereocenters. The van der Waals surface area contributed by atoms with Crippen molar-refractivity contribution in [2.24, 2.45) is 0 Å². The number of phenols is 1. The first-order chi connectivity index (χ1) is 13.2. The van der Waals surface area contributed by atoms with Gasteiger partial charge in [-0.3, -0.25) is 9.89 Å². The maximum Gasteiger partial charge on any atom is 0.273 e. The van der Waals surface area contributed by atoms with E-state index in [9.17, 15) is 9.90 Å². The summed E-state index contributed by atoms with van der Waals surface area (Å²) in [6.07, 6.45) is 4.40. The summed E-state index contributed by atoms with van der Waals surface area (Å²) in [6.45, 7) is 0. The van der Waals surface area contributed by atoms with Gasteiger partial charge in [-0.05, 0) is 30.5 Å². The first-order valence-electron chi connectivity index (χ1n) is 9.49. The summed E-state index contributed by atoms with van der Waals surface area (Å²) in [4.78, 5) is 15.3. The minimum Gasteiger partial charge on any atom is -0.508 e. The molecule has 1 fully saturated rings. The largest absolute Gasteiger partial charge is 0.508 e. The molecular formula is C22H21N3O2. The lowest BCUT2D eigenvalue weighted by molar-refractivity contribution is 0.0660. The van der Waals surface area contributed by atoms with Gasteiger partial charge in [-0.15, -0.1) is 0 Å². The zero-order valence-electron chi connectivity index (χ0n) is 14.9. The summed E-state index contributed by atoms with van der Waals surface area (Å²) >= 11 is 0. The molecule has 27 heavy (non-hydrogen) atoms. The fourth-order valence-electron chi connectivity index (χ4n) is 4.52. The smallest absolute Gasteiger partial charge is 0.273 e. The Morgan fingerprint density at radius 1 is 1.00 bits per heavy atom. The average Bonchev–Trinajstić information content (AvgIpc) is 3.41. The van der Waals surface area contributed by atoms with Crippen molar-refractivity contribution in [1.29, 1.82) is 0 Å². The van der Waals surface area contributed by atoms with Crippen molar-refractivity contribution in [3.05, 3.63) is 71.4 Å². The molecule has 5 nitrogen and oxygen atoms in total. The third kappa shape index (κ3) is 2.53. The van der Waals surface area contributed by atoms with Gasteiger partial charge in [-0.2, -0.15) is 5.10 Å². The van der Waals surface area contributed by atoms with Crippen molar-refractivity contribution in [2.45, 2.75) is 37.8 Å². The van der Waals surface area contributed by atoms with Crippen LogP contribution in [-0.2, 0) is 0 Å².